The van der Waals surface area contributed by atoms with E-state index in [1.807, 2.05) is 24.8 Å². The minimum Gasteiger partial charge on any atom is -0.478 e. The number of nitrogens with one attached hydrogen (secondary N) is 1. The van der Waals surface area contributed by atoms with E-state index >= 15 is 0 Å². The largest absolute Gasteiger partial charge is 0.478 e. The van der Waals surface area contributed by atoms with Crippen LogP contribution in [-0.2, 0) is 0 Å². The molecule has 16 heavy (non-hydrogen) atoms. The van der Waals surface area contributed by atoms with Crippen molar-refractivity contribution in [3.05, 3.63) is 12.4 Å². The molecule has 0 fully saturated rings. The first-order valence-corrected chi connectivity index (χ1v) is 6.76. The van der Waals surface area contributed by atoms with Crippen molar-refractivity contribution in [1.29, 1.82) is 0 Å². The Kier molecular flexibility index (Phi) is 6.00. The van der Waals surface area contributed by atoms with Crippen LogP contribution in [-0.4, -0.2) is 34.6 Å². The molecule has 0 saturated heterocycles. The van der Waals surface area contributed by atoms with Crippen LogP contribution in [0, 0.1) is 0 Å². The van der Waals surface area contributed by atoms with E-state index in [1.54, 1.807) is 0 Å². The molecule has 0 aliphatic heterocycles. The summed E-state index contributed by atoms with van der Waals surface area (Å²) in [4.78, 5) is 8.15. The molecule has 1 N–H and O–H groups in total. The molecule has 1 atom stereocenters. The molecule has 1 aromatic rings. The Bertz CT molecular complexity index is 309. The number of nitrogens with zero attached hydrogens (tertiary/aromatic N) is 2. The van der Waals surface area contributed by atoms with Gasteiger partial charge in [-0.15, -0.1) is 0 Å². The number of hydrogen-bond acceptors (Lipinski definition) is 5. The van der Waals surface area contributed by atoms with E-state index in [2.05, 4.69) is 28.5 Å². The summed E-state index contributed by atoms with van der Waals surface area (Å²) in [7, 11) is 0. The third-order valence-corrected chi connectivity index (χ3v) is 3.23. The number of ether oxygens (including phenoxy) is 1. The molecule has 1 aromatic heterocycles. The van der Waals surface area contributed by atoms with E-state index < -0.39 is 0 Å². The van der Waals surface area contributed by atoms with Gasteiger partial charge in [0.05, 0.1) is 6.61 Å². The van der Waals surface area contributed by atoms with Gasteiger partial charge in [-0.2, -0.15) is 11.8 Å². The van der Waals surface area contributed by atoms with Crippen LogP contribution in [0.15, 0.2) is 12.4 Å². The zero-order valence-corrected chi connectivity index (χ0v) is 10.9. The van der Waals surface area contributed by atoms with E-state index in [0.717, 1.165) is 18.8 Å². The lowest BCUT2D eigenvalue weighted by molar-refractivity contribution is 0.326. The third-order valence-electron chi connectivity index (χ3n) is 2.19. The van der Waals surface area contributed by atoms with Crippen LogP contribution < -0.4 is 10.1 Å². The van der Waals surface area contributed by atoms with Gasteiger partial charge in [0, 0.05) is 17.9 Å². The van der Waals surface area contributed by atoms with Gasteiger partial charge in [0.25, 0.3) is 0 Å². The van der Waals surface area contributed by atoms with Gasteiger partial charge in [0.1, 0.15) is 12.1 Å². The lowest BCUT2D eigenvalue weighted by Crippen LogP contribution is -2.09. The maximum atomic E-state index is 5.30. The van der Waals surface area contributed by atoms with Gasteiger partial charge >= 0.3 is 0 Å². The second-order valence-electron chi connectivity index (χ2n) is 3.44. The quantitative estimate of drug-likeness (QED) is 0.794. The maximum absolute atomic E-state index is 5.30. The third kappa shape index (κ3) is 4.70. The minimum absolute atomic E-state index is 0.623. The lowest BCUT2D eigenvalue weighted by atomic mass is 10.3. The zero-order valence-electron chi connectivity index (χ0n) is 10.1. The van der Waals surface area contributed by atoms with E-state index in [1.165, 1.54) is 6.33 Å². The second kappa shape index (κ2) is 7.33. The average molecular weight is 241 g/mol. The van der Waals surface area contributed by atoms with Crippen molar-refractivity contribution >= 4 is 17.6 Å². The molecule has 0 bridgehead atoms. The number of anilines is 1. The molecule has 1 unspecified atom stereocenters. The van der Waals surface area contributed by atoms with E-state index in [0.29, 0.717) is 17.7 Å². The Hall–Kier alpha value is -0.970. The van der Waals surface area contributed by atoms with Crippen molar-refractivity contribution in [3.63, 3.8) is 0 Å². The second-order valence-corrected chi connectivity index (χ2v) is 4.71. The Morgan fingerprint density at radius 3 is 3.00 bits per heavy atom. The van der Waals surface area contributed by atoms with Crippen LogP contribution in [0.4, 0.5) is 5.82 Å². The average Bonchev–Trinajstić information content (AvgIpc) is 2.30. The summed E-state index contributed by atoms with van der Waals surface area (Å²) in [5, 5.41) is 3.93. The van der Waals surface area contributed by atoms with Crippen LogP contribution in [0.1, 0.15) is 20.3 Å². The highest BCUT2D eigenvalue weighted by molar-refractivity contribution is 7.99. The fourth-order valence-corrected chi connectivity index (χ4v) is 1.54. The van der Waals surface area contributed by atoms with Gasteiger partial charge in [-0.05, 0) is 19.6 Å². The molecule has 90 valence electrons. The van der Waals surface area contributed by atoms with Gasteiger partial charge < -0.3 is 10.1 Å². The molecular weight excluding hydrogens is 222 g/mol. The van der Waals surface area contributed by atoms with Crippen molar-refractivity contribution < 1.29 is 4.74 Å². The Balaban J connectivity index is 2.38. The Morgan fingerprint density at radius 2 is 2.31 bits per heavy atom. The predicted octanol–water partition coefficient (Wildman–Crippen LogP) is 2.43. The molecule has 1 rings (SSSR count). The van der Waals surface area contributed by atoms with E-state index in [-0.39, 0.29) is 0 Å². The summed E-state index contributed by atoms with van der Waals surface area (Å²) >= 11 is 1.87. The van der Waals surface area contributed by atoms with Crippen molar-refractivity contribution in [1.82, 2.24) is 9.97 Å². The molecule has 0 spiro atoms. The SMILES string of the molecule is CCOc1cc(NCCC(C)SC)ncn1. The summed E-state index contributed by atoms with van der Waals surface area (Å²) in [5.74, 6) is 1.45. The summed E-state index contributed by atoms with van der Waals surface area (Å²) < 4.78 is 5.30. The maximum Gasteiger partial charge on any atom is 0.218 e. The Labute approximate surface area is 101 Å². The molecule has 0 aliphatic carbocycles. The molecule has 0 amide bonds. The smallest absolute Gasteiger partial charge is 0.218 e. The van der Waals surface area contributed by atoms with Crippen LogP contribution in [0.5, 0.6) is 5.88 Å². The first-order valence-electron chi connectivity index (χ1n) is 5.47. The highest BCUT2D eigenvalue weighted by Gasteiger charge is 2.01. The van der Waals surface area contributed by atoms with Crippen LogP contribution in [0.3, 0.4) is 0 Å². The summed E-state index contributed by atoms with van der Waals surface area (Å²) in [6.45, 7) is 5.71. The molecule has 0 aliphatic rings. The van der Waals surface area contributed by atoms with Gasteiger partial charge in [-0.1, -0.05) is 6.92 Å². The van der Waals surface area contributed by atoms with E-state index in [4.69, 9.17) is 4.74 Å². The Morgan fingerprint density at radius 1 is 1.50 bits per heavy atom. The van der Waals surface area contributed by atoms with E-state index in [9.17, 15) is 0 Å². The first-order chi connectivity index (χ1) is 7.76. The van der Waals surface area contributed by atoms with Gasteiger partial charge in [-0.3, -0.25) is 0 Å². The fourth-order valence-electron chi connectivity index (χ4n) is 1.18. The van der Waals surface area contributed by atoms with Gasteiger partial charge in [-0.25, -0.2) is 9.97 Å². The fraction of sp³-hybridized carbons (Fsp3) is 0.636. The summed E-state index contributed by atoms with van der Waals surface area (Å²) in [6.07, 6.45) is 4.77. The molecule has 5 heteroatoms. The topological polar surface area (TPSA) is 47.0 Å². The summed E-state index contributed by atoms with van der Waals surface area (Å²) in [6, 6.07) is 1.83. The lowest BCUT2D eigenvalue weighted by Gasteiger charge is -2.10. The predicted molar refractivity (Wildman–Crippen MR) is 69.3 cm³/mol. The van der Waals surface area contributed by atoms with Crippen molar-refractivity contribution in [2.24, 2.45) is 0 Å². The number of thioether (sulfide) groups is 1. The number of hydrogen-bond donors (Lipinski definition) is 1. The minimum atomic E-state index is 0.623. The molecular formula is C11H19N3OS. The number of aromatic nitrogens is 2. The normalized spacial score (nSPS) is 12.2. The molecule has 1 heterocycles. The molecule has 0 saturated carbocycles. The summed E-state index contributed by atoms with van der Waals surface area (Å²) in [5.41, 5.74) is 0. The van der Waals surface area contributed by atoms with Crippen LogP contribution in [0.25, 0.3) is 0 Å². The van der Waals surface area contributed by atoms with Crippen LogP contribution >= 0.6 is 11.8 Å². The monoisotopic (exact) mass is 241 g/mol. The van der Waals surface area contributed by atoms with Crippen molar-refractivity contribution in [2.45, 2.75) is 25.5 Å². The zero-order chi connectivity index (χ0) is 11.8. The van der Waals surface area contributed by atoms with Gasteiger partial charge in [0.2, 0.25) is 5.88 Å². The molecule has 4 nitrogen and oxygen atoms in total. The first kappa shape index (κ1) is 13.1. The van der Waals surface area contributed by atoms with Crippen molar-refractivity contribution in [3.8, 4) is 5.88 Å². The van der Waals surface area contributed by atoms with Crippen molar-refractivity contribution in [2.75, 3.05) is 24.7 Å². The molecule has 0 radical (unpaired) electrons. The van der Waals surface area contributed by atoms with Gasteiger partial charge in [0.15, 0.2) is 0 Å². The highest BCUT2D eigenvalue weighted by atomic mass is 32.2. The van der Waals surface area contributed by atoms with Crippen LogP contribution in [0.2, 0.25) is 0 Å². The molecule has 0 aromatic carbocycles. The highest BCUT2D eigenvalue weighted by Crippen LogP contribution is 2.12. The standard InChI is InChI=1S/C11H19N3OS/c1-4-15-11-7-10(13-8-14-11)12-6-5-9(2)16-3/h7-9H,4-6H2,1-3H3,(H,12,13,14). The number of rotatable bonds is 7.